The average molecular weight is 204 g/mol. The predicted octanol–water partition coefficient (Wildman–Crippen LogP) is 0.425. The van der Waals surface area contributed by atoms with E-state index in [-0.39, 0.29) is 11.7 Å². The van der Waals surface area contributed by atoms with Crippen LogP contribution >= 0.6 is 0 Å². The van der Waals surface area contributed by atoms with Crippen LogP contribution in [0, 0.1) is 0 Å². The van der Waals surface area contributed by atoms with Gasteiger partial charge in [-0.2, -0.15) is 8.42 Å². The maximum absolute atomic E-state index is 11.5. The van der Waals surface area contributed by atoms with Gasteiger partial charge in [0.05, 0.1) is 5.60 Å². The highest BCUT2D eigenvalue weighted by atomic mass is 32.2. The molecule has 0 amide bonds. The topological polar surface area (TPSA) is 52.6 Å². The van der Waals surface area contributed by atoms with E-state index in [1.165, 1.54) is 0 Å². The van der Waals surface area contributed by atoms with E-state index in [4.69, 9.17) is 8.92 Å². The van der Waals surface area contributed by atoms with Crippen molar-refractivity contribution < 1.29 is 17.3 Å². The molecule has 2 bridgehead atoms. The first-order valence-corrected chi connectivity index (χ1v) is 5.95. The van der Waals surface area contributed by atoms with Crippen molar-refractivity contribution >= 4 is 10.1 Å². The predicted molar refractivity (Wildman–Crippen MR) is 44.7 cm³/mol. The van der Waals surface area contributed by atoms with Crippen molar-refractivity contribution in [1.82, 2.24) is 0 Å². The second-order valence-electron chi connectivity index (χ2n) is 4.71. The SMILES string of the molecule is CC12CC3OS(=O)(=O)C(C1)C3(C)O2. The van der Waals surface area contributed by atoms with Crippen molar-refractivity contribution in [3.63, 3.8) is 0 Å². The molecule has 0 aromatic rings. The average Bonchev–Trinajstić information content (AvgIpc) is 2.35. The quantitative estimate of drug-likeness (QED) is 0.537. The number of hydrogen-bond donors (Lipinski definition) is 0. The minimum absolute atomic E-state index is 0.249. The van der Waals surface area contributed by atoms with E-state index in [2.05, 4.69) is 0 Å². The van der Waals surface area contributed by atoms with Crippen LogP contribution in [0.1, 0.15) is 26.7 Å². The molecule has 3 fully saturated rings. The molecule has 5 heteroatoms. The Morgan fingerprint density at radius 2 is 2.00 bits per heavy atom. The van der Waals surface area contributed by atoms with E-state index in [1.54, 1.807) is 0 Å². The van der Waals surface area contributed by atoms with Crippen LogP contribution in [0.3, 0.4) is 0 Å². The van der Waals surface area contributed by atoms with Gasteiger partial charge in [0.25, 0.3) is 10.1 Å². The van der Waals surface area contributed by atoms with Crippen molar-refractivity contribution in [1.29, 1.82) is 0 Å². The maximum Gasteiger partial charge on any atom is 0.273 e. The minimum Gasteiger partial charge on any atom is -0.365 e. The number of ether oxygens (including phenoxy) is 1. The fraction of sp³-hybridized carbons (Fsp3) is 1.00. The van der Waals surface area contributed by atoms with Crippen molar-refractivity contribution in [2.45, 2.75) is 49.2 Å². The molecule has 0 radical (unpaired) electrons. The first kappa shape index (κ1) is 8.20. The minimum atomic E-state index is -3.35. The van der Waals surface area contributed by atoms with E-state index in [1.807, 2.05) is 13.8 Å². The van der Waals surface area contributed by atoms with Crippen LogP contribution < -0.4 is 0 Å². The molecule has 4 unspecified atom stereocenters. The number of hydrogen-bond acceptors (Lipinski definition) is 4. The molecule has 0 spiro atoms. The van der Waals surface area contributed by atoms with Gasteiger partial charge in [-0.25, -0.2) is 0 Å². The first-order chi connectivity index (χ1) is 5.86. The Morgan fingerprint density at radius 3 is 2.46 bits per heavy atom. The molecule has 3 rings (SSSR count). The molecule has 4 atom stereocenters. The summed E-state index contributed by atoms with van der Waals surface area (Å²) < 4.78 is 33.9. The van der Waals surface area contributed by atoms with Crippen LogP contribution in [-0.2, 0) is 19.0 Å². The highest BCUT2D eigenvalue weighted by molar-refractivity contribution is 7.87. The summed E-state index contributed by atoms with van der Waals surface area (Å²) in [5.41, 5.74) is -0.846. The summed E-state index contributed by atoms with van der Waals surface area (Å²) in [6.07, 6.45) is 1.04. The lowest BCUT2D eigenvalue weighted by atomic mass is 9.81. The van der Waals surface area contributed by atoms with Crippen LogP contribution in [0.4, 0.5) is 0 Å². The van der Waals surface area contributed by atoms with E-state index in [0.29, 0.717) is 12.8 Å². The summed E-state index contributed by atoms with van der Waals surface area (Å²) in [6, 6.07) is 0. The van der Waals surface area contributed by atoms with Crippen LogP contribution in [0.15, 0.2) is 0 Å². The van der Waals surface area contributed by atoms with Crippen molar-refractivity contribution in [3.05, 3.63) is 0 Å². The van der Waals surface area contributed by atoms with Crippen LogP contribution in [-0.4, -0.2) is 31.0 Å². The van der Waals surface area contributed by atoms with Gasteiger partial charge in [-0.3, -0.25) is 4.18 Å². The van der Waals surface area contributed by atoms with Gasteiger partial charge in [0, 0.05) is 6.42 Å². The fourth-order valence-electron chi connectivity index (χ4n) is 2.97. The van der Waals surface area contributed by atoms with Crippen molar-refractivity contribution in [3.8, 4) is 0 Å². The standard InChI is InChI=1S/C8H12O4S/c1-7-3-5-8(2,12-7)6(4-7)13(9,10)11-5/h5-6H,3-4H2,1-2H3. The van der Waals surface area contributed by atoms with Gasteiger partial charge in [-0.15, -0.1) is 0 Å². The Hall–Kier alpha value is -0.130. The van der Waals surface area contributed by atoms with Gasteiger partial charge in [-0.05, 0) is 20.3 Å². The largest absolute Gasteiger partial charge is 0.365 e. The summed E-state index contributed by atoms with van der Waals surface area (Å²) in [7, 11) is -3.35. The summed E-state index contributed by atoms with van der Waals surface area (Å²) in [5, 5.41) is -0.441. The highest BCUT2D eigenvalue weighted by Gasteiger charge is 2.72. The zero-order valence-electron chi connectivity index (χ0n) is 7.61. The number of rotatable bonds is 0. The summed E-state index contributed by atoms with van der Waals surface area (Å²) >= 11 is 0. The molecular weight excluding hydrogens is 192 g/mol. The Labute approximate surface area is 77.3 Å². The smallest absolute Gasteiger partial charge is 0.273 e. The lowest BCUT2D eigenvalue weighted by molar-refractivity contribution is -0.0393. The Morgan fingerprint density at radius 1 is 1.31 bits per heavy atom. The third-order valence-electron chi connectivity index (χ3n) is 3.58. The molecular formula is C8H12O4S. The molecule has 0 saturated carbocycles. The molecule has 3 saturated heterocycles. The summed E-state index contributed by atoms with van der Waals surface area (Å²) in [6.45, 7) is 3.82. The lowest BCUT2D eigenvalue weighted by Crippen LogP contribution is -2.40. The molecule has 0 aliphatic carbocycles. The zero-order valence-corrected chi connectivity index (χ0v) is 8.43. The normalized spacial score (nSPS) is 61.7. The Balaban J connectivity index is 2.20. The van der Waals surface area contributed by atoms with Crippen LogP contribution in [0.2, 0.25) is 0 Å². The molecule has 3 aliphatic heterocycles. The molecule has 3 heterocycles. The highest BCUT2D eigenvalue weighted by Crippen LogP contribution is 2.58. The summed E-state index contributed by atoms with van der Waals surface area (Å²) in [4.78, 5) is 0. The number of fused-ring (bicyclic) bond motifs is 1. The molecule has 0 N–H and O–H groups in total. The molecule has 4 nitrogen and oxygen atoms in total. The van der Waals surface area contributed by atoms with Gasteiger partial charge < -0.3 is 4.74 Å². The van der Waals surface area contributed by atoms with Gasteiger partial charge in [-0.1, -0.05) is 0 Å². The van der Waals surface area contributed by atoms with E-state index >= 15 is 0 Å². The second-order valence-corrected chi connectivity index (χ2v) is 6.46. The monoisotopic (exact) mass is 204 g/mol. The van der Waals surface area contributed by atoms with Crippen molar-refractivity contribution in [2.24, 2.45) is 0 Å². The van der Waals surface area contributed by atoms with Crippen LogP contribution in [0.5, 0.6) is 0 Å². The molecule has 0 aromatic heterocycles. The Kier molecular flexibility index (Phi) is 1.14. The molecule has 13 heavy (non-hydrogen) atoms. The third kappa shape index (κ3) is 0.765. The Bertz CT molecular complexity index is 376. The first-order valence-electron chi connectivity index (χ1n) is 4.48. The molecule has 74 valence electrons. The van der Waals surface area contributed by atoms with Gasteiger partial charge in [0.2, 0.25) is 0 Å². The molecule has 0 aromatic carbocycles. The molecule has 3 aliphatic rings. The maximum atomic E-state index is 11.5. The fourth-order valence-corrected chi connectivity index (χ4v) is 5.02. The van der Waals surface area contributed by atoms with Gasteiger partial charge in [0.1, 0.15) is 17.0 Å². The summed E-state index contributed by atoms with van der Waals surface area (Å²) in [5.74, 6) is 0. The van der Waals surface area contributed by atoms with Gasteiger partial charge in [0.15, 0.2) is 0 Å². The third-order valence-corrected chi connectivity index (χ3v) is 5.41. The van der Waals surface area contributed by atoms with E-state index < -0.39 is 21.0 Å². The lowest BCUT2D eigenvalue weighted by Gasteiger charge is -2.21. The van der Waals surface area contributed by atoms with Crippen LogP contribution in [0.25, 0.3) is 0 Å². The van der Waals surface area contributed by atoms with E-state index in [9.17, 15) is 8.42 Å². The zero-order chi connectivity index (χ0) is 9.48. The van der Waals surface area contributed by atoms with Crippen molar-refractivity contribution in [2.75, 3.05) is 0 Å². The van der Waals surface area contributed by atoms with E-state index in [0.717, 1.165) is 0 Å². The second kappa shape index (κ2) is 1.81. The van der Waals surface area contributed by atoms with Gasteiger partial charge >= 0.3 is 0 Å².